The van der Waals surface area contributed by atoms with Crippen LogP contribution in [0, 0.1) is 0 Å². The lowest BCUT2D eigenvalue weighted by Crippen LogP contribution is -1.92. The molecule has 1 nitrogen and oxygen atoms in total. The second-order valence-corrected chi connectivity index (χ2v) is 6.86. The molecule has 0 saturated carbocycles. The molecule has 2 N–H and O–H groups in total. The number of hydrogen-bond donors (Lipinski definition) is 1. The van der Waals surface area contributed by atoms with Gasteiger partial charge >= 0.3 is 0 Å². The van der Waals surface area contributed by atoms with Crippen molar-refractivity contribution in [3.05, 3.63) is 103 Å². The zero-order valence-electron chi connectivity index (χ0n) is 14.9. The molecule has 5 aromatic rings. The Bertz CT molecular complexity index is 1270. The van der Waals surface area contributed by atoms with E-state index in [1.165, 1.54) is 38.2 Å². The first kappa shape index (κ1) is 15.7. The summed E-state index contributed by atoms with van der Waals surface area (Å²) in [5, 5.41) is 4.96. The van der Waals surface area contributed by atoms with E-state index >= 15 is 0 Å². The zero-order chi connectivity index (χ0) is 18.2. The van der Waals surface area contributed by atoms with Crippen molar-refractivity contribution < 1.29 is 0 Å². The second kappa shape index (κ2) is 6.30. The second-order valence-electron chi connectivity index (χ2n) is 6.86. The average molecular weight is 345 g/mol. The van der Waals surface area contributed by atoms with Gasteiger partial charge < -0.3 is 5.73 Å². The third kappa shape index (κ3) is 2.65. The first-order chi connectivity index (χ1) is 13.3. The lowest BCUT2D eigenvalue weighted by Gasteiger charge is -2.13. The van der Waals surface area contributed by atoms with Gasteiger partial charge in [-0.3, -0.25) is 0 Å². The van der Waals surface area contributed by atoms with E-state index in [0.717, 1.165) is 11.3 Å². The summed E-state index contributed by atoms with van der Waals surface area (Å²) >= 11 is 0. The van der Waals surface area contributed by atoms with E-state index in [0.29, 0.717) is 0 Å². The number of anilines is 1. The minimum absolute atomic E-state index is 0.801. The van der Waals surface area contributed by atoms with Gasteiger partial charge in [0.05, 0.1) is 0 Å². The van der Waals surface area contributed by atoms with Gasteiger partial charge in [-0.1, -0.05) is 91.0 Å². The molecule has 27 heavy (non-hydrogen) atoms. The number of nitrogens with two attached hydrogens (primary N) is 1. The molecule has 5 rings (SSSR count). The van der Waals surface area contributed by atoms with Crippen LogP contribution in [-0.2, 0) is 0 Å². The molecule has 0 aromatic heterocycles. The summed E-state index contributed by atoms with van der Waals surface area (Å²) in [7, 11) is 0. The van der Waals surface area contributed by atoms with E-state index in [-0.39, 0.29) is 0 Å². The highest BCUT2D eigenvalue weighted by atomic mass is 14.6. The molecule has 5 aromatic carbocycles. The van der Waals surface area contributed by atoms with Gasteiger partial charge in [0.15, 0.2) is 0 Å². The Morgan fingerprint density at radius 1 is 0.444 bits per heavy atom. The molecule has 0 heterocycles. The average Bonchev–Trinajstić information content (AvgIpc) is 2.73. The Balaban J connectivity index is 1.76. The van der Waals surface area contributed by atoms with Gasteiger partial charge in [-0.15, -0.1) is 0 Å². The SMILES string of the molecule is Nc1ccc(-c2cccc3ccccc23)cc1-c1cccc2ccccc12. The highest BCUT2D eigenvalue weighted by Crippen LogP contribution is 2.37. The fourth-order valence-electron chi connectivity index (χ4n) is 3.89. The van der Waals surface area contributed by atoms with E-state index in [4.69, 9.17) is 5.73 Å². The third-order valence-corrected chi connectivity index (χ3v) is 5.23. The number of rotatable bonds is 2. The van der Waals surface area contributed by atoms with E-state index < -0.39 is 0 Å². The molecule has 0 atom stereocenters. The molecule has 0 radical (unpaired) electrons. The highest BCUT2D eigenvalue weighted by Gasteiger charge is 2.10. The van der Waals surface area contributed by atoms with Crippen LogP contribution in [0.15, 0.2) is 103 Å². The predicted octanol–water partition coefficient (Wildman–Crippen LogP) is 6.91. The Morgan fingerprint density at radius 2 is 1.00 bits per heavy atom. The fourth-order valence-corrected chi connectivity index (χ4v) is 3.89. The molecular formula is C26H19N. The minimum Gasteiger partial charge on any atom is -0.398 e. The minimum atomic E-state index is 0.801. The van der Waals surface area contributed by atoms with Gasteiger partial charge in [0.1, 0.15) is 0 Å². The van der Waals surface area contributed by atoms with E-state index in [1.54, 1.807) is 0 Å². The first-order valence-electron chi connectivity index (χ1n) is 9.17. The first-order valence-corrected chi connectivity index (χ1v) is 9.17. The number of nitrogen functional groups attached to an aromatic ring is 1. The van der Waals surface area contributed by atoms with Crippen LogP contribution < -0.4 is 5.73 Å². The van der Waals surface area contributed by atoms with Crippen molar-refractivity contribution in [2.75, 3.05) is 5.73 Å². The quantitative estimate of drug-likeness (QED) is 0.346. The molecule has 0 spiro atoms. The monoisotopic (exact) mass is 345 g/mol. The van der Waals surface area contributed by atoms with E-state index in [2.05, 4.69) is 97.1 Å². The zero-order valence-corrected chi connectivity index (χ0v) is 14.9. The van der Waals surface area contributed by atoms with Crippen molar-refractivity contribution in [2.24, 2.45) is 0 Å². The largest absolute Gasteiger partial charge is 0.398 e. The van der Waals surface area contributed by atoms with Crippen molar-refractivity contribution in [2.45, 2.75) is 0 Å². The molecular weight excluding hydrogens is 326 g/mol. The van der Waals surface area contributed by atoms with Gasteiger partial charge in [-0.2, -0.15) is 0 Å². The molecule has 0 unspecified atom stereocenters. The van der Waals surface area contributed by atoms with E-state index in [1.807, 2.05) is 6.07 Å². The molecule has 1 heteroatoms. The number of benzene rings is 5. The van der Waals surface area contributed by atoms with Crippen LogP contribution in [0.1, 0.15) is 0 Å². The predicted molar refractivity (Wildman–Crippen MR) is 117 cm³/mol. The maximum atomic E-state index is 6.40. The number of fused-ring (bicyclic) bond motifs is 2. The Kier molecular flexibility index (Phi) is 3.65. The van der Waals surface area contributed by atoms with Crippen LogP contribution in [-0.4, -0.2) is 0 Å². The summed E-state index contributed by atoms with van der Waals surface area (Å²) in [6.07, 6.45) is 0. The summed E-state index contributed by atoms with van der Waals surface area (Å²) in [5.74, 6) is 0. The molecule has 0 aliphatic heterocycles. The molecule has 0 bridgehead atoms. The van der Waals surface area contributed by atoms with Gasteiger partial charge in [-0.25, -0.2) is 0 Å². The van der Waals surface area contributed by atoms with Crippen molar-refractivity contribution in [1.82, 2.24) is 0 Å². The van der Waals surface area contributed by atoms with Gasteiger partial charge in [0.2, 0.25) is 0 Å². The van der Waals surface area contributed by atoms with Crippen LogP contribution in [0.5, 0.6) is 0 Å². The van der Waals surface area contributed by atoms with E-state index in [9.17, 15) is 0 Å². The standard InChI is InChI=1S/C26H19N/c27-26-16-15-20(23-13-5-9-18-7-1-3-11-21(18)23)17-25(26)24-14-6-10-19-8-2-4-12-22(19)24/h1-17H,27H2. The Labute approximate surface area is 158 Å². The molecule has 0 aliphatic carbocycles. The van der Waals surface area contributed by atoms with Crippen molar-refractivity contribution in [3.8, 4) is 22.3 Å². The summed E-state index contributed by atoms with van der Waals surface area (Å²) in [4.78, 5) is 0. The van der Waals surface area contributed by atoms with Crippen molar-refractivity contribution >= 4 is 27.2 Å². The summed E-state index contributed by atoms with van der Waals surface area (Å²) < 4.78 is 0. The molecule has 0 aliphatic rings. The molecule has 0 amide bonds. The maximum absolute atomic E-state index is 6.40. The van der Waals surface area contributed by atoms with Crippen LogP contribution in [0.3, 0.4) is 0 Å². The van der Waals surface area contributed by atoms with Crippen LogP contribution in [0.2, 0.25) is 0 Å². The number of hydrogen-bond acceptors (Lipinski definition) is 1. The fraction of sp³-hybridized carbons (Fsp3) is 0. The lowest BCUT2D eigenvalue weighted by atomic mass is 9.92. The smallest absolute Gasteiger partial charge is 0.0394 e. The molecule has 128 valence electrons. The molecule has 0 fully saturated rings. The lowest BCUT2D eigenvalue weighted by molar-refractivity contribution is 1.61. The third-order valence-electron chi connectivity index (χ3n) is 5.23. The van der Waals surface area contributed by atoms with Gasteiger partial charge in [0, 0.05) is 11.3 Å². The van der Waals surface area contributed by atoms with Gasteiger partial charge in [0.25, 0.3) is 0 Å². The Hall–Kier alpha value is -3.58. The van der Waals surface area contributed by atoms with Crippen LogP contribution >= 0.6 is 0 Å². The van der Waals surface area contributed by atoms with Crippen molar-refractivity contribution in [1.29, 1.82) is 0 Å². The van der Waals surface area contributed by atoms with Gasteiger partial charge in [-0.05, 0) is 50.4 Å². The van der Waals surface area contributed by atoms with Crippen molar-refractivity contribution in [3.63, 3.8) is 0 Å². The highest BCUT2D eigenvalue weighted by molar-refractivity contribution is 6.02. The summed E-state index contributed by atoms with van der Waals surface area (Å²) in [5.41, 5.74) is 11.9. The van der Waals surface area contributed by atoms with Crippen LogP contribution in [0.25, 0.3) is 43.8 Å². The molecule has 0 saturated heterocycles. The van der Waals surface area contributed by atoms with Crippen LogP contribution in [0.4, 0.5) is 5.69 Å². The summed E-state index contributed by atoms with van der Waals surface area (Å²) in [6.45, 7) is 0. The summed E-state index contributed by atoms with van der Waals surface area (Å²) in [6, 6.07) is 36.2. The topological polar surface area (TPSA) is 26.0 Å². The maximum Gasteiger partial charge on any atom is 0.0394 e. The Morgan fingerprint density at radius 3 is 1.70 bits per heavy atom. The normalized spacial score (nSPS) is 11.1.